The lowest BCUT2D eigenvalue weighted by molar-refractivity contribution is -0.141. The van der Waals surface area contributed by atoms with Crippen LogP contribution in [0.3, 0.4) is 0 Å². The lowest BCUT2D eigenvalue weighted by atomic mass is 10.1. The standard InChI is InChI=1S/C26H33ClF3N3O5S/c1-7-22(24(35)31-25(2,3)4)32(15-17-9-8-10-19(13-17)38-5)23(34)16-33(39(6,36)37)18-11-12-21(27)20(14-18)26(28,29)30/h8-14,22H,7,15-16H2,1-6H3,(H,31,35)/t22-/m1/s1. The van der Waals surface area contributed by atoms with Crippen molar-refractivity contribution in [3.05, 3.63) is 58.6 Å². The molecule has 2 amide bonds. The van der Waals surface area contributed by atoms with Crippen molar-refractivity contribution in [2.24, 2.45) is 0 Å². The molecule has 39 heavy (non-hydrogen) atoms. The number of benzene rings is 2. The number of carbonyl (C=O) groups is 2. The van der Waals surface area contributed by atoms with Gasteiger partial charge < -0.3 is 15.0 Å². The smallest absolute Gasteiger partial charge is 0.417 e. The number of hydrogen-bond acceptors (Lipinski definition) is 5. The van der Waals surface area contributed by atoms with E-state index < -0.39 is 62.4 Å². The summed E-state index contributed by atoms with van der Waals surface area (Å²) in [7, 11) is -2.76. The number of halogens is 4. The van der Waals surface area contributed by atoms with Gasteiger partial charge in [-0.05, 0) is 63.1 Å². The van der Waals surface area contributed by atoms with Crippen LogP contribution < -0.4 is 14.4 Å². The van der Waals surface area contributed by atoms with E-state index in [-0.39, 0.29) is 13.0 Å². The molecule has 0 unspecified atom stereocenters. The molecule has 216 valence electrons. The van der Waals surface area contributed by atoms with Crippen molar-refractivity contribution in [2.75, 3.05) is 24.2 Å². The number of nitrogens with zero attached hydrogens (tertiary/aromatic N) is 2. The molecule has 0 aliphatic rings. The third-order valence-corrected chi connectivity index (χ3v) is 7.06. The van der Waals surface area contributed by atoms with Gasteiger partial charge in [-0.15, -0.1) is 0 Å². The van der Waals surface area contributed by atoms with E-state index in [0.29, 0.717) is 21.7 Å². The molecule has 0 aliphatic heterocycles. The number of carbonyl (C=O) groups excluding carboxylic acids is 2. The molecule has 0 saturated carbocycles. The molecule has 1 N–H and O–H groups in total. The van der Waals surface area contributed by atoms with Gasteiger partial charge in [-0.1, -0.05) is 30.7 Å². The lowest BCUT2D eigenvalue weighted by Gasteiger charge is -2.34. The van der Waals surface area contributed by atoms with Crippen molar-refractivity contribution in [1.29, 1.82) is 0 Å². The Hall–Kier alpha value is -2.99. The van der Waals surface area contributed by atoms with Gasteiger partial charge in [0.1, 0.15) is 18.3 Å². The Bertz CT molecular complexity index is 1300. The van der Waals surface area contributed by atoms with E-state index in [4.69, 9.17) is 16.3 Å². The summed E-state index contributed by atoms with van der Waals surface area (Å²) in [6.07, 6.45) is -3.88. The predicted octanol–water partition coefficient (Wildman–Crippen LogP) is 4.86. The van der Waals surface area contributed by atoms with Crippen molar-refractivity contribution in [1.82, 2.24) is 10.2 Å². The van der Waals surface area contributed by atoms with Crippen LogP contribution in [0.1, 0.15) is 45.2 Å². The van der Waals surface area contributed by atoms with Gasteiger partial charge >= 0.3 is 6.18 Å². The number of amides is 2. The molecule has 0 spiro atoms. The molecule has 13 heteroatoms. The lowest BCUT2D eigenvalue weighted by Crippen LogP contribution is -2.55. The molecular formula is C26H33ClF3N3O5S. The van der Waals surface area contributed by atoms with Crippen LogP contribution in [0.4, 0.5) is 18.9 Å². The van der Waals surface area contributed by atoms with Crippen LogP contribution in [0.15, 0.2) is 42.5 Å². The summed E-state index contributed by atoms with van der Waals surface area (Å²) in [4.78, 5) is 28.1. The summed E-state index contributed by atoms with van der Waals surface area (Å²) in [6.45, 7) is 6.09. The van der Waals surface area contributed by atoms with Gasteiger partial charge in [0.05, 0.1) is 29.6 Å². The van der Waals surface area contributed by atoms with Gasteiger partial charge in [-0.2, -0.15) is 13.2 Å². The van der Waals surface area contributed by atoms with Crippen LogP contribution in [-0.2, 0) is 32.3 Å². The first-order valence-corrected chi connectivity index (χ1v) is 14.2. The molecule has 0 radical (unpaired) electrons. The highest BCUT2D eigenvalue weighted by molar-refractivity contribution is 7.92. The van der Waals surface area contributed by atoms with Crippen molar-refractivity contribution in [3.63, 3.8) is 0 Å². The van der Waals surface area contributed by atoms with E-state index >= 15 is 0 Å². The maximum Gasteiger partial charge on any atom is 0.417 e. The van der Waals surface area contributed by atoms with Gasteiger partial charge in [0.2, 0.25) is 21.8 Å². The van der Waals surface area contributed by atoms with E-state index in [9.17, 15) is 31.2 Å². The number of nitrogens with one attached hydrogen (secondary N) is 1. The second-order valence-corrected chi connectivity index (χ2v) is 12.3. The van der Waals surface area contributed by atoms with Crippen LogP contribution in [0.5, 0.6) is 5.75 Å². The minimum atomic E-state index is -4.85. The van der Waals surface area contributed by atoms with E-state index in [1.165, 1.54) is 12.0 Å². The molecule has 0 fully saturated rings. The van der Waals surface area contributed by atoms with Crippen molar-refractivity contribution in [3.8, 4) is 5.75 Å². The monoisotopic (exact) mass is 591 g/mol. The summed E-state index contributed by atoms with van der Waals surface area (Å²) < 4.78 is 71.6. The maximum atomic E-state index is 13.7. The first-order chi connectivity index (χ1) is 17.9. The number of alkyl halides is 3. The van der Waals surface area contributed by atoms with E-state index in [1.807, 2.05) is 0 Å². The largest absolute Gasteiger partial charge is 0.497 e. The summed E-state index contributed by atoms with van der Waals surface area (Å²) in [6, 6.07) is 8.35. The van der Waals surface area contributed by atoms with Crippen LogP contribution >= 0.6 is 11.6 Å². The third-order valence-electron chi connectivity index (χ3n) is 5.59. The molecule has 0 bridgehead atoms. The van der Waals surface area contributed by atoms with Crippen LogP contribution in [0.25, 0.3) is 0 Å². The Morgan fingerprint density at radius 2 is 1.74 bits per heavy atom. The number of methoxy groups -OCH3 is 1. The minimum Gasteiger partial charge on any atom is -0.497 e. The molecule has 0 saturated heterocycles. The third kappa shape index (κ3) is 9.03. The molecular weight excluding hydrogens is 559 g/mol. The molecule has 0 heterocycles. The highest BCUT2D eigenvalue weighted by Crippen LogP contribution is 2.37. The van der Waals surface area contributed by atoms with Gasteiger partial charge in [0, 0.05) is 12.1 Å². The van der Waals surface area contributed by atoms with E-state index in [2.05, 4.69) is 5.32 Å². The van der Waals surface area contributed by atoms with Gasteiger partial charge in [0.25, 0.3) is 0 Å². The first-order valence-electron chi connectivity index (χ1n) is 12.0. The first kappa shape index (κ1) is 32.2. The molecule has 8 nitrogen and oxygen atoms in total. The summed E-state index contributed by atoms with van der Waals surface area (Å²) in [5.74, 6) is -0.744. The fourth-order valence-electron chi connectivity index (χ4n) is 3.84. The maximum absolute atomic E-state index is 13.7. The Labute approximate surface area is 232 Å². The van der Waals surface area contributed by atoms with Crippen molar-refractivity contribution >= 4 is 39.1 Å². The van der Waals surface area contributed by atoms with Crippen molar-refractivity contribution < 1.29 is 35.9 Å². The number of sulfonamides is 1. The second kappa shape index (κ2) is 12.5. The van der Waals surface area contributed by atoms with E-state index in [1.54, 1.807) is 52.0 Å². The summed E-state index contributed by atoms with van der Waals surface area (Å²) in [5, 5.41) is 2.22. The number of hydrogen-bond donors (Lipinski definition) is 1. The Balaban J connectivity index is 2.56. The van der Waals surface area contributed by atoms with Crippen molar-refractivity contribution in [2.45, 2.75) is 58.4 Å². The quantitative estimate of drug-likeness (QED) is 0.426. The molecule has 2 aromatic carbocycles. The zero-order valence-corrected chi connectivity index (χ0v) is 24.2. The number of ether oxygens (including phenoxy) is 1. The van der Waals surface area contributed by atoms with Crippen LogP contribution in [0, 0.1) is 0 Å². The highest BCUT2D eigenvalue weighted by Gasteiger charge is 2.36. The molecule has 1 atom stereocenters. The predicted molar refractivity (Wildman–Crippen MR) is 144 cm³/mol. The van der Waals surface area contributed by atoms with Crippen LogP contribution in [0.2, 0.25) is 5.02 Å². The van der Waals surface area contributed by atoms with Crippen LogP contribution in [-0.4, -0.2) is 56.6 Å². The number of rotatable bonds is 10. The summed E-state index contributed by atoms with van der Waals surface area (Å²) in [5.41, 5.74) is -1.66. The van der Waals surface area contributed by atoms with Gasteiger partial charge in [0.15, 0.2) is 0 Å². The number of anilines is 1. The average molecular weight is 592 g/mol. The SMILES string of the molecule is CC[C@H](C(=O)NC(C)(C)C)N(Cc1cccc(OC)c1)C(=O)CN(c1ccc(Cl)c(C(F)(F)F)c1)S(C)(=O)=O. The second-order valence-electron chi connectivity index (χ2n) is 9.97. The zero-order chi connectivity index (χ0) is 29.8. The topological polar surface area (TPSA) is 96.0 Å². The van der Waals surface area contributed by atoms with Gasteiger partial charge in [-0.3, -0.25) is 13.9 Å². The molecule has 0 aromatic heterocycles. The average Bonchev–Trinajstić information content (AvgIpc) is 2.80. The molecule has 0 aliphatic carbocycles. The molecule has 2 rings (SSSR count). The Morgan fingerprint density at radius 3 is 2.26 bits per heavy atom. The normalized spacial score (nSPS) is 13.0. The fraction of sp³-hybridized carbons (Fsp3) is 0.462. The Morgan fingerprint density at radius 1 is 1.10 bits per heavy atom. The summed E-state index contributed by atoms with van der Waals surface area (Å²) >= 11 is 5.70. The van der Waals surface area contributed by atoms with E-state index in [0.717, 1.165) is 18.4 Å². The molecule has 2 aromatic rings. The highest BCUT2D eigenvalue weighted by atomic mass is 35.5. The fourth-order valence-corrected chi connectivity index (χ4v) is 4.91. The van der Waals surface area contributed by atoms with Gasteiger partial charge in [-0.25, -0.2) is 8.42 Å². The zero-order valence-electron chi connectivity index (χ0n) is 22.6. The Kier molecular flexibility index (Phi) is 10.3. The minimum absolute atomic E-state index is 0.0852.